The summed E-state index contributed by atoms with van der Waals surface area (Å²) in [5, 5.41) is 9.90. The van der Waals surface area contributed by atoms with E-state index in [4.69, 9.17) is 10.5 Å². The van der Waals surface area contributed by atoms with Crippen LogP contribution in [0.5, 0.6) is 5.75 Å². The van der Waals surface area contributed by atoms with Gasteiger partial charge in [0.15, 0.2) is 0 Å². The minimum absolute atomic E-state index is 0.404. The zero-order valence-corrected chi connectivity index (χ0v) is 11.6. The number of fused-ring (bicyclic) bond motifs is 1. The van der Waals surface area contributed by atoms with E-state index >= 15 is 0 Å². The van der Waals surface area contributed by atoms with Crippen molar-refractivity contribution in [2.24, 2.45) is 5.73 Å². The highest BCUT2D eigenvalue weighted by atomic mass is 16.5. The Kier molecular flexibility index (Phi) is 3.62. The molecule has 0 fully saturated rings. The van der Waals surface area contributed by atoms with E-state index in [9.17, 15) is 9.90 Å². The smallest absolute Gasteiger partial charge is 0.409 e. The number of primary amides is 1. The number of aliphatic hydroxyl groups is 1. The predicted octanol–water partition coefficient (Wildman–Crippen LogP) is 2.66. The fourth-order valence-electron chi connectivity index (χ4n) is 2.85. The molecule has 0 aromatic heterocycles. The van der Waals surface area contributed by atoms with Gasteiger partial charge in [0.05, 0.1) is 6.10 Å². The Morgan fingerprint density at radius 2 is 1.95 bits per heavy atom. The highest BCUT2D eigenvalue weighted by Gasteiger charge is 2.23. The van der Waals surface area contributed by atoms with Gasteiger partial charge in [-0.1, -0.05) is 42.5 Å². The van der Waals surface area contributed by atoms with Crippen LogP contribution < -0.4 is 10.5 Å². The molecule has 3 rings (SSSR count). The lowest BCUT2D eigenvalue weighted by molar-refractivity contribution is 0.156. The van der Waals surface area contributed by atoms with Gasteiger partial charge in [-0.05, 0) is 24.0 Å². The number of aryl methyl sites for hydroxylation is 1. The molecule has 0 saturated carbocycles. The monoisotopic (exact) mass is 283 g/mol. The molecule has 0 radical (unpaired) electrons. The maximum atomic E-state index is 11.3. The second-order valence-corrected chi connectivity index (χ2v) is 5.26. The molecule has 1 amide bonds. The van der Waals surface area contributed by atoms with E-state index < -0.39 is 12.2 Å². The number of aliphatic hydroxyl groups excluding tert-OH is 1. The van der Waals surface area contributed by atoms with Crippen LogP contribution in [0.2, 0.25) is 0 Å². The molecule has 0 unspecified atom stereocenters. The highest BCUT2D eigenvalue weighted by molar-refractivity contribution is 5.78. The van der Waals surface area contributed by atoms with Gasteiger partial charge in [-0.3, -0.25) is 0 Å². The molecule has 1 aliphatic carbocycles. The Labute approximate surface area is 123 Å². The minimum atomic E-state index is -0.833. The molecule has 0 heterocycles. The summed E-state index contributed by atoms with van der Waals surface area (Å²) in [7, 11) is 0. The summed E-state index contributed by atoms with van der Waals surface area (Å²) in [5.74, 6) is 0.477. The van der Waals surface area contributed by atoms with Crippen molar-refractivity contribution in [2.75, 3.05) is 0 Å². The average molecular weight is 283 g/mol. The van der Waals surface area contributed by atoms with E-state index in [0.717, 1.165) is 35.1 Å². The van der Waals surface area contributed by atoms with Gasteiger partial charge in [0.2, 0.25) is 0 Å². The third-order valence-corrected chi connectivity index (χ3v) is 3.83. The second kappa shape index (κ2) is 5.58. The third-order valence-electron chi connectivity index (χ3n) is 3.83. The van der Waals surface area contributed by atoms with Gasteiger partial charge in [-0.25, -0.2) is 4.79 Å². The number of benzene rings is 2. The molecule has 0 bridgehead atoms. The molecule has 2 aromatic rings. The first-order valence-electron chi connectivity index (χ1n) is 7.00. The number of ether oxygens (including phenoxy) is 1. The Morgan fingerprint density at radius 3 is 2.67 bits per heavy atom. The van der Waals surface area contributed by atoms with Crippen LogP contribution in [0.25, 0.3) is 11.1 Å². The number of carbonyl (C=O) groups excluding carboxylic acids is 1. The summed E-state index contributed by atoms with van der Waals surface area (Å²) in [6, 6.07) is 13.7. The molecular formula is C17H17NO3. The van der Waals surface area contributed by atoms with Crippen molar-refractivity contribution in [1.29, 1.82) is 0 Å². The van der Waals surface area contributed by atoms with Crippen molar-refractivity contribution in [3.05, 3.63) is 53.6 Å². The SMILES string of the molecule is NC(=O)Oc1c(-c2ccccc2)ccc2c1C[C@H](O)CC2. The molecular weight excluding hydrogens is 266 g/mol. The first kappa shape index (κ1) is 13.6. The zero-order chi connectivity index (χ0) is 14.8. The van der Waals surface area contributed by atoms with Crippen LogP contribution in [0.15, 0.2) is 42.5 Å². The molecule has 0 saturated heterocycles. The van der Waals surface area contributed by atoms with E-state index in [2.05, 4.69) is 0 Å². The quantitative estimate of drug-likeness (QED) is 0.890. The van der Waals surface area contributed by atoms with Crippen molar-refractivity contribution >= 4 is 6.09 Å². The lowest BCUT2D eigenvalue weighted by atomic mass is 9.86. The maximum Gasteiger partial charge on any atom is 0.409 e. The fraction of sp³-hybridized carbons (Fsp3) is 0.235. The highest BCUT2D eigenvalue weighted by Crippen LogP contribution is 2.38. The summed E-state index contributed by atoms with van der Waals surface area (Å²) in [4.78, 5) is 11.3. The van der Waals surface area contributed by atoms with Crippen LogP contribution in [0, 0.1) is 0 Å². The maximum absolute atomic E-state index is 11.3. The molecule has 0 spiro atoms. The van der Waals surface area contributed by atoms with Gasteiger partial charge in [0.1, 0.15) is 5.75 Å². The van der Waals surface area contributed by atoms with E-state index in [1.807, 2.05) is 42.5 Å². The van der Waals surface area contributed by atoms with Crippen LogP contribution >= 0.6 is 0 Å². The average Bonchev–Trinajstić information content (AvgIpc) is 2.48. The Hall–Kier alpha value is -2.33. The number of hydrogen-bond donors (Lipinski definition) is 2. The van der Waals surface area contributed by atoms with E-state index in [1.54, 1.807) is 0 Å². The molecule has 108 valence electrons. The summed E-state index contributed by atoms with van der Waals surface area (Å²) >= 11 is 0. The van der Waals surface area contributed by atoms with Gasteiger partial charge in [0.25, 0.3) is 0 Å². The third kappa shape index (κ3) is 2.76. The van der Waals surface area contributed by atoms with Gasteiger partial charge < -0.3 is 15.6 Å². The van der Waals surface area contributed by atoms with Gasteiger partial charge in [0, 0.05) is 17.5 Å². The number of rotatable bonds is 2. The van der Waals surface area contributed by atoms with Crippen molar-refractivity contribution in [3.63, 3.8) is 0 Å². The van der Waals surface area contributed by atoms with Gasteiger partial charge in [-0.2, -0.15) is 0 Å². The summed E-state index contributed by atoms with van der Waals surface area (Å²) in [5.41, 5.74) is 8.98. The molecule has 21 heavy (non-hydrogen) atoms. The van der Waals surface area contributed by atoms with E-state index in [0.29, 0.717) is 12.2 Å². The molecule has 2 aromatic carbocycles. The summed E-state index contributed by atoms with van der Waals surface area (Å²) < 4.78 is 5.27. The van der Waals surface area contributed by atoms with Crippen LogP contribution in [0.3, 0.4) is 0 Å². The number of nitrogens with two attached hydrogens (primary N) is 1. The van der Waals surface area contributed by atoms with Crippen molar-refractivity contribution in [3.8, 4) is 16.9 Å². The Bertz CT molecular complexity index is 667. The second-order valence-electron chi connectivity index (χ2n) is 5.26. The first-order valence-corrected chi connectivity index (χ1v) is 7.00. The largest absolute Gasteiger partial charge is 0.410 e. The molecule has 4 heteroatoms. The standard InChI is InChI=1S/C17H17NO3/c18-17(20)21-16-14(11-4-2-1-3-5-11)9-7-12-6-8-13(19)10-15(12)16/h1-5,7,9,13,19H,6,8,10H2,(H2,18,20)/t13-/m1/s1. The van der Waals surface area contributed by atoms with Gasteiger partial charge in [-0.15, -0.1) is 0 Å². The first-order chi connectivity index (χ1) is 10.1. The number of hydrogen-bond acceptors (Lipinski definition) is 3. The number of carbonyl (C=O) groups is 1. The molecule has 0 aliphatic heterocycles. The topological polar surface area (TPSA) is 72.6 Å². The van der Waals surface area contributed by atoms with Crippen LogP contribution in [0.1, 0.15) is 17.5 Å². The van der Waals surface area contributed by atoms with Crippen LogP contribution in [-0.2, 0) is 12.8 Å². The van der Waals surface area contributed by atoms with E-state index in [1.165, 1.54) is 0 Å². The Morgan fingerprint density at radius 1 is 1.19 bits per heavy atom. The zero-order valence-electron chi connectivity index (χ0n) is 11.6. The van der Waals surface area contributed by atoms with Gasteiger partial charge >= 0.3 is 6.09 Å². The van der Waals surface area contributed by atoms with Crippen molar-refractivity contribution in [2.45, 2.75) is 25.4 Å². The Balaban J connectivity index is 2.16. The van der Waals surface area contributed by atoms with Crippen molar-refractivity contribution in [1.82, 2.24) is 0 Å². The lowest BCUT2D eigenvalue weighted by Crippen LogP contribution is -2.23. The molecule has 1 aliphatic rings. The van der Waals surface area contributed by atoms with Crippen LogP contribution in [-0.4, -0.2) is 17.3 Å². The van der Waals surface area contributed by atoms with Crippen LogP contribution in [0.4, 0.5) is 4.79 Å². The lowest BCUT2D eigenvalue weighted by Gasteiger charge is -2.24. The minimum Gasteiger partial charge on any atom is -0.410 e. The predicted molar refractivity (Wildman–Crippen MR) is 80.1 cm³/mol. The molecule has 4 nitrogen and oxygen atoms in total. The van der Waals surface area contributed by atoms with Crippen molar-refractivity contribution < 1.29 is 14.6 Å². The summed E-state index contributed by atoms with van der Waals surface area (Å²) in [6.07, 6.45) is 0.756. The van der Waals surface area contributed by atoms with E-state index in [-0.39, 0.29) is 0 Å². The molecule has 3 N–H and O–H groups in total. The fourth-order valence-corrected chi connectivity index (χ4v) is 2.85. The summed E-state index contributed by atoms with van der Waals surface area (Å²) in [6.45, 7) is 0. The normalized spacial score (nSPS) is 17.1. The number of amides is 1. The molecule has 1 atom stereocenters.